The van der Waals surface area contributed by atoms with Gasteiger partial charge in [0.25, 0.3) is 0 Å². The number of hydrogen-bond donors (Lipinski definition) is 4. The summed E-state index contributed by atoms with van der Waals surface area (Å²) in [7, 11) is 0. The largest absolute Gasteiger partial charge is 0.479 e. The maximum Gasteiger partial charge on any atom is 0.335 e. The van der Waals surface area contributed by atoms with Gasteiger partial charge in [-0.1, -0.05) is 0 Å². The van der Waals surface area contributed by atoms with Gasteiger partial charge in [0.15, 0.2) is 6.10 Å². The van der Waals surface area contributed by atoms with Crippen molar-refractivity contribution in [1.29, 1.82) is 0 Å². The number of aliphatic carboxylic acids is 1. The summed E-state index contributed by atoms with van der Waals surface area (Å²) in [5.74, 6) is -1.54. The van der Waals surface area contributed by atoms with E-state index in [9.17, 15) is 4.79 Å². The van der Waals surface area contributed by atoms with Gasteiger partial charge in [-0.2, -0.15) is 0 Å². The van der Waals surface area contributed by atoms with Gasteiger partial charge in [0.2, 0.25) is 0 Å². The molecule has 0 fully saturated rings. The van der Waals surface area contributed by atoms with Gasteiger partial charge in [-0.3, -0.25) is 0 Å². The average Bonchev–Trinajstić information content (AvgIpc) is 1.84. The number of carboxylic acids is 1. The fourth-order valence-electron chi connectivity index (χ4n) is 0.264. The number of carboxylic acid groups (broad SMARTS) is 1. The van der Waals surface area contributed by atoms with E-state index in [2.05, 4.69) is 0 Å². The molecule has 0 aromatic carbocycles. The van der Waals surface area contributed by atoms with E-state index < -0.39 is 24.8 Å². The summed E-state index contributed by atoms with van der Waals surface area (Å²) < 4.78 is 0. The van der Waals surface area contributed by atoms with Crippen molar-refractivity contribution in [3.63, 3.8) is 0 Å². The van der Waals surface area contributed by atoms with Crippen molar-refractivity contribution in [3.8, 4) is 0 Å². The molecule has 0 aromatic heterocycles. The molecule has 0 aliphatic carbocycles. The molecule has 58 valence electrons. The molecule has 0 saturated carbocycles. The van der Waals surface area contributed by atoms with Crippen molar-refractivity contribution < 1.29 is 25.2 Å². The van der Waals surface area contributed by atoms with Crippen LogP contribution in [0.3, 0.4) is 0 Å². The van der Waals surface area contributed by atoms with E-state index in [0.29, 0.717) is 0 Å². The molecule has 2 atom stereocenters. The molecule has 0 heterocycles. The van der Waals surface area contributed by atoms with Crippen LogP contribution in [0.2, 0.25) is 0 Å². The first-order valence-electron chi connectivity index (χ1n) is 2.29. The van der Waals surface area contributed by atoms with E-state index in [0.717, 1.165) is 0 Å². The first-order valence-corrected chi connectivity index (χ1v) is 2.29. The van der Waals surface area contributed by atoms with E-state index in [-0.39, 0.29) is 75.5 Å². The van der Waals surface area contributed by atoms with Crippen LogP contribution in [0.4, 0.5) is 0 Å². The maximum atomic E-state index is 9.78. The van der Waals surface area contributed by atoms with Gasteiger partial charge in [0.05, 0.1) is 6.61 Å². The number of rotatable bonds is 3. The monoisotopic (exact) mass is 216 g/mol. The van der Waals surface area contributed by atoms with Crippen molar-refractivity contribution in [2.45, 2.75) is 12.2 Å². The summed E-state index contributed by atoms with van der Waals surface area (Å²) >= 11 is 0. The molecule has 5 nitrogen and oxygen atoms in total. The van der Waals surface area contributed by atoms with Crippen LogP contribution in [-0.2, 0) is 4.79 Å². The van der Waals surface area contributed by atoms with Crippen LogP contribution in [0.1, 0.15) is 0 Å². The number of hydrogen-bond acceptors (Lipinski definition) is 4. The van der Waals surface area contributed by atoms with Gasteiger partial charge in [-0.05, 0) is 0 Å². The van der Waals surface area contributed by atoms with Crippen molar-refractivity contribution >= 4 is 81.4 Å². The Morgan fingerprint density at radius 3 is 1.73 bits per heavy atom. The Hall–Kier alpha value is 1.87. The molecule has 7 heteroatoms. The fraction of sp³-hybridized carbons (Fsp3) is 0.750. The second-order valence-corrected chi connectivity index (χ2v) is 1.53. The van der Waals surface area contributed by atoms with Crippen molar-refractivity contribution in [1.82, 2.24) is 0 Å². The molecule has 0 spiro atoms. The van der Waals surface area contributed by atoms with Gasteiger partial charge in [0.1, 0.15) is 6.10 Å². The molecular formula is C4H8Ca2O5. The number of carbonyl (C=O) groups is 1. The van der Waals surface area contributed by atoms with Crippen LogP contribution in [-0.4, -0.2) is 121 Å². The van der Waals surface area contributed by atoms with Crippen LogP contribution in [0.5, 0.6) is 0 Å². The normalized spacial score (nSPS) is 13.7. The second kappa shape index (κ2) is 9.95. The van der Waals surface area contributed by atoms with Crippen molar-refractivity contribution in [2.75, 3.05) is 6.61 Å². The minimum atomic E-state index is -1.89. The number of aliphatic hydroxyl groups is 3. The Labute approximate surface area is 123 Å². The minimum absolute atomic E-state index is 0. The standard InChI is InChI=1S/C4H8O5.2Ca/c5-1-2(6)3(7)4(8)9;;/h2-3,5-7H,1H2,(H,8,9);;/t2-,3+;;/m0../s1. The van der Waals surface area contributed by atoms with Crippen LogP contribution in [0.15, 0.2) is 0 Å². The third-order valence-corrected chi connectivity index (χ3v) is 0.805. The summed E-state index contributed by atoms with van der Waals surface area (Å²) in [6.45, 7) is -0.756. The predicted octanol–water partition coefficient (Wildman–Crippen LogP) is -2.98. The Balaban J connectivity index is -0.000000320. The molecule has 4 N–H and O–H groups in total. The number of aliphatic hydroxyl groups excluding tert-OH is 3. The SMILES string of the molecule is O=C(O)[C@H](O)[C@@H](O)CO.[Ca].[Ca]. The van der Waals surface area contributed by atoms with E-state index in [1.54, 1.807) is 0 Å². The molecule has 0 rings (SSSR count). The Morgan fingerprint density at radius 1 is 1.27 bits per heavy atom. The average molecular weight is 216 g/mol. The zero-order chi connectivity index (χ0) is 7.44. The van der Waals surface area contributed by atoms with Gasteiger partial charge >= 0.3 is 5.97 Å². The molecule has 0 aromatic rings. The second-order valence-electron chi connectivity index (χ2n) is 1.53. The Morgan fingerprint density at radius 2 is 1.64 bits per heavy atom. The van der Waals surface area contributed by atoms with Crippen LogP contribution in [0.25, 0.3) is 0 Å². The van der Waals surface area contributed by atoms with Crippen LogP contribution in [0, 0.1) is 0 Å². The third-order valence-electron chi connectivity index (χ3n) is 0.805. The molecule has 4 radical (unpaired) electrons. The minimum Gasteiger partial charge on any atom is -0.479 e. The van der Waals surface area contributed by atoms with Gasteiger partial charge in [-0.15, -0.1) is 0 Å². The molecular weight excluding hydrogens is 208 g/mol. The maximum absolute atomic E-state index is 9.78. The summed E-state index contributed by atoms with van der Waals surface area (Å²) in [6, 6.07) is 0. The van der Waals surface area contributed by atoms with E-state index in [4.69, 9.17) is 20.4 Å². The van der Waals surface area contributed by atoms with E-state index >= 15 is 0 Å². The summed E-state index contributed by atoms with van der Waals surface area (Å²) in [5, 5.41) is 32.8. The van der Waals surface area contributed by atoms with Crippen molar-refractivity contribution in [3.05, 3.63) is 0 Å². The molecule has 0 amide bonds. The Kier molecular flexibility index (Phi) is 16.8. The van der Waals surface area contributed by atoms with Gasteiger partial charge < -0.3 is 20.4 Å². The molecule has 0 unspecified atom stereocenters. The first kappa shape index (κ1) is 18.6. The summed E-state index contributed by atoms with van der Waals surface area (Å²) in [4.78, 5) is 9.78. The molecule has 0 aliphatic rings. The zero-order valence-electron chi connectivity index (χ0n) is 5.97. The van der Waals surface area contributed by atoms with Gasteiger partial charge in [-0.25, -0.2) is 4.79 Å². The summed E-state index contributed by atoms with van der Waals surface area (Å²) in [6.07, 6.45) is -3.49. The quantitative estimate of drug-likeness (QED) is 0.377. The molecule has 0 saturated heterocycles. The van der Waals surface area contributed by atoms with E-state index in [1.165, 1.54) is 0 Å². The molecule has 0 bridgehead atoms. The van der Waals surface area contributed by atoms with Crippen LogP contribution < -0.4 is 0 Å². The predicted molar refractivity (Wildman–Crippen MR) is 38.2 cm³/mol. The zero-order valence-corrected chi connectivity index (χ0v) is 10.4. The summed E-state index contributed by atoms with van der Waals surface area (Å²) in [5.41, 5.74) is 0. The van der Waals surface area contributed by atoms with Crippen LogP contribution >= 0.6 is 0 Å². The third kappa shape index (κ3) is 8.21. The smallest absolute Gasteiger partial charge is 0.335 e. The van der Waals surface area contributed by atoms with Crippen molar-refractivity contribution in [2.24, 2.45) is 0 Å². The fourth-order valence-corrected chi connectivity index (χ4v) is 0.264. The van der Waals surface area contributed by atoms with E-state index in [1.807, 2.05) is 0 Å². The van der Waals surface area contributed by atoms with Gasteiger partial charge in [0, 0.05) is 75.5 Å². The first-order chi connectivity index (χ1) is 4.09. The Bertz CT molecular complexity index is 109. The topological polar surface area (TPSA) is 98.0 Å². The molecule has 0 aliphatic heterocycles. The molecule has 11 heavy (non-hydrogen) atoms.